The van der Waals surface area contributed by atoms with Crippen LogP contribution in [0.2, 0.25) is 0 Å². The van der Waals surface area contributed by atoms with E-state index in [9.17, 15) is 4.79 Å². The summed E-state index contributed by atoms with van der Waals surface area (Å²) in [4.78, 5) is 13.9. The first-order valence-corrected chi connectivity index (χ1v) is 6.75. The summed E-state index contributed by atoms with van der Waals surface area (Å²) < 4.78 is 5.57. The highest BCUT2D eigenvalue weighted by Gasteiger charge is 2.17. The van der Waals surface area contributed by atoms with Crippen molar-refractivity contribution in [2.45, 2.75) is 26.8 Å². The van der Waals surface area contributed by atoms with E-state index < -0.39 is 0 Å². The topological polar surface area (TPSA) is 55.6 Å². The molecular formula is C15H24N2O2. The second-order valence-corrected chi connectivity index (χ2v) is 4.71. The van der Waals surface area contributed by atoms with Crippen LogP contribution in [0.15, 0.2) is 24.3 Å². The number of para-hydroxylation sites is 1. The molecule has 1 aromatic rings. The van der Waals surface area contributed by atoms with E-state index in [4.69, 9.17) is 10.5 Å². The third-order valence-corrected chi connectivity index (χ3v) is 3.08. The van der Waals surface area contributed by atoms with E-state index >= 15 is 0 Å². The van der Waals surface area contributed by atoms with Gasteiger partial charge in [-0.3, -0.25) is 4.79 Å². The second-order valence-electron chi connectivity index (χ2n) is 4.71. The highest BCUT2D eigenvalue weighted by molar-refractivity contribution is 5.78. The molecule has 4 heteroatoms. The van der Waals surface area contributed by atoms with E-state index in [0.29, 0.717) is 19.7 Å². The van der Waals surface area contributed by atoms with Crippen LogP contribution < -0.4 is 10.5 Å². The largest absolute Gasteiger partial charge is 0.494 e. The number of rotatable bonds is 7. The zero-order chi connectivity index (χ0) is 14.3. The number of hydrogen-bond donors (Lipinski definition) is 1. The molecule has 106 valence electrons. The summed E-state index contributed by atoms with van der Waals surface area (Å²) >= 11 is 0. The molecule has 0 aromatic heterocycles. The van der Waals surface area contributed by atoms with Gasteiger partial charge in [0, 0.05) is 25.1 Å². The molecule has 0 bridgehead atoms. The van der Waals surface area contributed by atoms with Gasteiger partial charge in [-0.05, 0) is 26.0 Å². The molecule has 1 atom stereocenters. The van der Waals surface area contributed by atoms with E-state index in [2.05, 4.69) is 0 Å². The van der Waals surface area contributed by atoms with Gasteiger partial charge in [0.05, 0.1) is 6.61 Å². The summed E-state index contributed by atoms with van der Waals surface area (Å²) in [5.41, 5.74) is 6.52. The lowest BCUT2D eigenvalue weighted by molar-refractivity contribution is -0.134. The maximum Gasteiger partial charge on any atom is 0.225 e. The van der Waals surface area contributed by atoms with Crippen molar-refractivity contribution in [3.8, 4) is 5.75 Å². The van der Waals surface area contributed by atoms with Gasteiger partial charge in [0.2, 0.25) is 5.91 Å². The maximum atomic E-state index is 12.1. The SMILES string of the molecule is CCOc1ccccc1CN(C)C(=O)C(C)CCN. The lowest BCUT2D eigenvalue weighted by Gasteiger charge is -2.22. The van der Waals surface area contributed by atoms with Gasteiger partial charge in [-0.25, -0.2) is 0 Å². The molecule has 1 aromatic carbocycles. The van der Waals surface area contributed by atoms with Gasteiger partial charge in [-0.2, -0.15) is 0 Å². The molecule has 0 spiro atoms. The maximum absolute atomic E-state index is 12.1. The molecule has 0 heterocycles. The summed E-state index contributed by atoms with van der Waals surface area (Å²) in [5.74, 6) is 0.933. The first-order chi connectivity index (χ1) is 9.10. The van der Waals surface area contributed by atoms with Crippen molar-refractivity contribution in [2.75, 3.05) is 20.2 Å². The highest BCUT2D eigenvalue weighted by Crippen LogP contribution is 2.20. The van der Waals surface area contributed by atoms with Crippen molar-refractivity contribution >= 4 is 5.91 Å². The van der Waals surface area contributed by atoms with Crippen LogP contribution in [-0.4, -0.2) is 31.0 Å². The summed E-state index contributed by atoms with van der Waals surface area (Å²) in [5, 5.41) is 0. The standard InChI is InChI=1S/C15H24N2O2/c1-4-19-14-8-6-5-7-13(14)11-17(3)15(18)12(2)9-10-16/h5-8,12H,4,9-11,16H2,1-3H3. The molecule has 0 fully saturated rings. The molecule has 19 heavy (non-hydrogen) atoms. The van der Waals surface area contributed by atoms with E-state index in [1.54, 1.807) is 4.90 Å². The summed E-state index contributed by atoms with van der Waals surface area (Å²) in [6.07, 6.45) is 0.719. The fourth-order valence-electron chi connectivity index (χ4n) is 2.01. The molecule has 1 amide bonds. The quantitative estimate of drug-likeness (QED) is 0.820. The van der Waals surface area contributed by atoms with Crippen molar-refractivity contribution in [2.24, 2.45) is 11.7 Å². The van der Waals surface area contributed by atoms with Gasteiger partial charge < -0.3 is 15.4 Å². The third-order valence-electron chi connectivity index (χ3n) is 3.08. The molecular weight excluding hydrogens is 240 g/mol. The van der Waals surface area contributed by atoms with Gasteiger partial charge in [-0.1, -0.05) is 25.1 Å². The fraction of sp³-hybridized carbons (Fsp3) is 0.533. The predicted molar refractivity (Wildman–Crippen MR) is 76.9 cm³/mol. The van der Waals surface area contributed by atoms with Crippen LogP contribution in [0.3, 0.4) is 0 Å². The van der Waals surface area contributed by atoms with Crippen LogP contribution >= 0.6 is 0 Å². The monoisotopic (exact) mass is 264 g/mol. The van der Waals surface area contributed by atoms with Crippen molar-refractivity contribution in [1.29, 1.82) is 0 Å². The number of amides is 1. The van der Waals surface area contributed by atoms with Gasteiger partial charge in [-0.15, -0.1) is 0 Å². The molecule has 0 aliphatic rings. The van der Waals surface area contributed by atoms with Gasteiger partial charge >= 0.3 is 0 Å². The Morgan fingerprint density at radius 1 is 1.42 bits per heavy atom. The third kappa shape index (κ3) is 4.56. The number of carbonyl (C=O) groups excluding carboxylic acids is 1. The smallest absolute Gasteiger partial charge is 0.225 e. The van der Waals surface area contributed by atoms with Crippen molar-refractivity contribution < 1.29 is 9.53 Å². The molecule has 0 saturated carbocycles. The second kappa shape index (κ2) is 7.79. The lowest BCUT2D eigenvalue weighted by atomic mass is 10.1. The average molecular weight is 264 g/mol. The van der Waals surface area contributed by atoms with Crippen molar-refractivity contribution in [3.63, 3.8) is 0 Å². The van der Waals surface area contributed by atoms with Crippen molar-refractivity contribution in [3.05, 3.63) is 29.8 Å². The predicted octanol–water partition coefficient (Wildman–Crippen LogP) is 2.03. The summed E-state index contributed by atoms with van der Waals surface area (Å²) in [7, 11) is 1.82. The summed E-state index contributed by atoms with van der Waals surface area (Å²) in [6, 6.07) is 7.82. The van der Waals surface area contributed by atoms with Crippen LogP contribution in [-0.2, 0) is 11.3 Å². The van der Waals surface area contributed by atoms with Crippen molar-refractivity contribution in [1.82, 2.24) is 4.90 Å². The molecule has 1 unspecified atom stereocenters. The van der Waals surface area contributed by atoms with Crippen LogP contribution in [0.1, 0.15) is 25.8 Å². The zero-order valence-corrected chi connectivity index (χ0v) is 12.1. The fourth-order valence-corrected chi connectivity index (χ4v) is 2.01. The van der Waals surface area contributed by atoms with Crippen LogP contribution in [0, 0.1) is 5.92 Å². The Labute approximate surface area is 115 Å². The number of nitrogens with zero attached hydrogens (tertiary/aromatic N) is 1. The minimum Gasteiger partial charge on any atom is -0.494 e. The molecule has 0 radical (unpaired) electrons. The van der Waals surface area contributed by atoms with Gasteiger partial charge in [0.1, 0.15) is 5.75 Å². The highest BCUT2D eigenvalue weighted by atomic mass is 16.5. The van der Waals surface area contributed by atoms with Crippen LogP contribution in [0.4, 0.5) is 0 Å². The first-order valence-electron chi connectivity index (χ1n) is 6.75. The van der Waals surface area contributed by atoms with Crippen LogP contribution in [0.5, 0.6) is 5.75 Å². The minimum absolute atomic E-state index is 0.0331. The number of nitrogens with two attached hydrogens (primary N) is 1. The number of carbonyl (C=O) groups is 1. The Hall–Kier alpha value is -1.55. The normalized spacial score (nSPS) is 12.0. The lowest BCUT2D eigenvalue weighted by Crippen LogP contribution is -2.32. The zero-order valence-electron chi connectivity index (χ0n) is 12.1. The molecule has 0 aliphatic heterocycles. The molecule has 2 N–H and O–H groups in total. The summed E-state index contributed by atoms with van der Waals surface area (Å²) in [6.45, 7) is 5.59. The molecule has 1 rings (SSSR count). The Morgan fingerprint density at radius 2 is 2.11 bits per heavy atom. The Kier molecular flexibility index (Phi) is 6.36. The molecule has 0 saturated heterocycles. The van der Waals surface area contributed by atoms with Gasteiger partial charge in [0.25, 0.3) is 0 Å². The Balaban J connectivity index is 2.70. The number of hydrogen-bond acceptors (Lipinski definition) is 3. The number of ether oxygens (including phenoxy) is 1. The van der Waals surface area contributed by atoms with E-state index in [1.165, 1.54) is 0 Å². The molecule has 0 aliphatic carbocycles. The first kappa shape index (κ1) is 15.5. The Bertz CT molecular complexity index is 407. The Morgan fingerprint density at radius 3 is 2.74 bits per heavy atom. The minimum atomic E-state index is -0.0331. The van der Waals surface area contributed by atoms with E-state index in [1.807, 2.05) is 45.2 Å². The van der Waals surface area contributed by atoms with E-state index in [-0.39, 0.29) is 11.8 Å². The average Bonchev–Trinajstić information content (AvgIpc) is 2.40. The van der Waals surface area contributed by atoms with Gasteiger partial charge in [0.15, 0.2) is 0 Å². The number of benzene rings is 1. The van der Waals surface area contributed by atoms with E-state index in [0.717, 1.165) is 17.7 Å². The molecule has 4 nitrogen and oxygen atoms in total. The van der Waals surface area contributed by atoms with Crippen LogP contribution in [0.25, 0.3) is 0 Å².